The first-order chi connectivity index (χ1) is 28.2. The van der Waals surface area contributed by atoms with E-state index in [1.807, 2.05) is 103 Å². The van der Waals surface area contributed by atoms with Gasteiger partial charge in [0, 0.05) is 49.4 Å². The number of nitrogens with zero attached hydrogens (tertiary/aromatic N) is 2. The van der Waals surface area contributed by atoms with Crippen LogP contribution in [-0.2, 0) is 4.79 Å². The monoisotopic (exact) mass is 811 g/mol. The Morgan fingerprint density at radius 2 is 1.31 bits per heavy atom. The molecule has 7 aromatic rings. The van der Waals surface area contributed by atoms with Gasteiger partial charge in [0.1, 0.15) is 23.0 Å². The number of carbonyl (C=O) groups excluding carboxylic acids is 1. The molecule has 58 heavy (non-hydrogen) atoms. The summed E-state index contributed by atoms with van der Waals surface area (Å²) in [7, 11) is 4.78. The fraction of sp³-hybridized carbons (Fsp3) is 0.111. The van der Waals surface area contributed by atoms with Gasteiger partial charge in [0.05, 0.1) is 37.3 Å². The van der Waals surface area contributed by atoms with Gasteiger partial charge in [0.15, 0.2) is 18.0 Å². The number of methoxy groups -OCH3 is 3. The van der Waals surface area contributed by atoms with Gasteiger partial charge in [0.2, 0.25) is 0 Å². The number of fused-ring (bicyclic) bond motifs is 6. The summed E-state index contributed by atoms with van der Waals surface area (Å²) in [5.41, 5.74) is 4.89. The Morgan fingerprint density at radius 3 is 1.98 bits per heavy atom. The number of carbonyl (C=O) groups is 1. The fourth-order valence-electron chi connectivity index (χ4n) is 7.68. The zero-order chi connectivity index (χ0) is 40.1. The fourth-order valence-corrected chi connectivity index (χ4v) is 9.82. The number of aromatic nitrogens is 1. The maximum atomic E-state index is 18.2. The summed E-state index contributed by atoms with van der Waals surface area (Å²) < 4.78 is 61.1. The van der Waals surface area contributed by atoms with E-state index in [9.17, 15) is 4.79 Å². The predicted octanol–water partition coefficient (Wildman–Crippen LogP) is 10.1. The molecule has 0 unspecified atom stereocenters. The van der Waals surface area contributed by atoms with Crippen molar-refractivity contribution in [2.45, 2.75) is 0 Å². The molecule has 0 saturated carbocycles. The Bertz CT molecular complexity index is 2820. The SMILES string of the molecule is C=CCNC(=O)COc1ccc(-c2ccc(C3=[N+]4C(=Cc5c6ccc(OC)cc6c(-c6ccc(-c7ccc(OC)cc7)s6)n5[B-]4(F)F)c4ccc(OC)cc43)s2)cc1. The van der Waals surface area contributed by atoms with Crippen molar-refractivity contribution in [3.63, 3.8) is 0 Å². The van der Waals surface area contributed by atoms with E-state index in [-0.39, 0.29) is 12.5 Å². The highest BCUT2D eigenvalue weighted by Crippen LogP contribution is 2.50. The number of benzene rings is 4. The van der Waals surface area contributed by atoms with E-state index < -0.39 is 6.97 Å². The second-order valence-electron chi connectivity index (χ2n) is 13.7. The maximum Gasteiger partial charge on any atom is 0.738 e. The number of amides is 1. The van der Waals surface area contributed by atoms with E-state index in [1.54, 1.807) is 39.5 Å². The Balaban J connectivity index is 1.18. The highest BCUT2D eigenvalue weighted by atomic mass is 32.1. The summed E-state index contributed by atoms with van der Waals surface area (Å²) in [5, 5.41) is 4.07. The summed E-state index contributed by atoms with van der Waals surface area (Å²) in [6, 6.07) is 33.9. The highest BCUT2D eigenvalue weighted by Gasteiger charge is 2.56. The van der Waals surface area contributed by atoms with Crippen LogP contribution in [0.1, 0.15) is 21.7 Å². The smallest absolute Gasteiger partial charge is 0.497 e. The van der Waals surface area contributed by atoms with Crippen LogP contribution in [0.4, 0.5) is 8.63 Å². The molecule has 1 amide bonds. The molecule has 1 N–H and O–H groups in total. The van der Waals surface area contributed by atoms with Crippen LogP contribution < -0.4 is 24.3 Å². The van der Waals surface area contributed by atoms with E-state index in [2.05, 4.69) is 11.9 Å². The van der Waals surface area contributed by atoms with Crippen LogP contribution in [0.15, 0.2) is 122 Å². The summed E-state index contributed by atoms with van der Waals surface area (Å²) in [6.45, 7) is -0.651. The van der Waals surface area contributed by atoms with Crippen molar-refractivity contribution in [3.8, 4) is 54.5 Å². The van der Waals surface area contributed by atoms with Crippen molar-refractivity contribution in [1.29, 1.82) is 0 Å². The van der Waals surface area contributed by atoms with E-state index in [1.165, 1.54) is 31.6 Å². The van der Waals surface area contributed by atoms with Crippen LogP contribution in [-0.4, -0.2) is 62.0 Å². The Labute approximate surface area is 341 Å². The Kier molecular flexibility index (Phi) is 9.49. The molecule has 9 rings (SSSR count). The van der Waals surface area contributed by atoms with Gasteiger partial charge in [-0.1, -0.05) is 6.08 Å². The van der Waals surface area contributed by atoms with E-state index in [4.69, 9.17) is 18.9 Å². The van der Waals surface area contributed by atoms with Crippen molar-refractivity contribution in [2.24, 2.45) is 0 Å². The topological polar surface area (TPSA) is 74.0 Å². The minimum absolute atomic E-state index is 0.122. The minimum Gasteiger partial charge on any atom is -0.497 e. The summed E-state index contributed by atoms with van der Waals surface area (Å²) in [6.07, 6.45) is 3.49. The van der Waals surface area contributed by atoms with Crippen LogP contribution in [0.2, 0.25) is 0 Å². The lowest BCUT2D eigenvalue weighted by molar-refractivity contribution is -0.316. The first-order valence-corrected chi connectivity index (χ1v) is 20.1. The summed E-state index contributed by atoms with van der Waals surface area (Å²) >= 11 is 2.89. The number of hydrogen-bond donors (Lipinski definition) is 1. The van der Waals surface area contributed by atoms with Crippen LogP contribution in [0.3, 0.4) is 0 Å². The van der Waals surface area contributed by atoms with Crippen molar-refractivity contribution in [3.05, 3.63) is 144 Å². The largest absolute Gasteiger partial charge is 0.738 e. The molecule has 2 aliphatic heterocycles. The van der Waals surface area contributed by atoms with Crippen molar-refractivity contribution >= 4 is 63.8 Å². The molecule has 0 radical (unpaired) electrons. The van der Waals surface area contributed by atoms with Gasteiger partial charge in [-0.05, 0) is 120 Å². The molecule has 13 heteroatoms. The van der Waals surface area contributed by atoms with E-state index in [0.717, 1.165) is 26.6 Å². The predicted molar refractivity (Wildman–Crippen MR) is 230 cm³/mol. The second kappa shape index (κ2) is 14.8. The Hall–Kier alpha value is -6.44. The number of halogens is 2. The lowest BCUT2D eigenvalue weighted by Gasteiger charge is -2.30. The summed E-state index contributed by atoms with van der Waals surface area (Å²) in [4.78, 5) is 15.2. The molecule has 0 aliphatic carbocycles. The molecule has 0 bridgehead atoms. The third kappa shape index (κ3) is 6.27. The van der Waals surface area contributed by atoms with Crippen molar-refractivity contribution < 1.29 is 36.9 Å². The van der Waals surface area contributed by atoms with Crippen molar-refractivity contribution in [1.82, 2.24) is 9.79 Å². The Morgan fingerprint density at radius 1 is 0.724 bits per heavy atom. The third-order valence-electron chi connectivity index (χ3n) is 10.4. The highest BCUT2D eigenvalue weighted by molar-refractivity contribution is 7.19. The summed E-state index contributed by atoms with van der Waals surface area (Å²) in [5.74, 6) is 2.18. The van der Waals surface area contributed by atoms with Gasteiger partial charge in [-0.25, -0.2) is 0 Å². The quantitative estimate of drug-likeness (QED) is 0.0983. The molecule has 3 aromatic heterocycles. The van der Waals surface area contributed by atoms with Gasteiger partial charge < -0.3 is 41.9 Å². The number of ether oxygens (including phenoxy) is 4. The molecular formula is C45H36BF2N3O5S2. The van der Waals surface area contributed by atoms with Gasteiger partial charge in [-0.15, -0.1) is 29.3 Å². The van der Waals surface area contributed by atoms with Crippen LogP contribution in [0.25, 0.3) is 54.0 Å². The first-order valence-electron chi connectivity index (χ1n) is 18.5. The molecule has 0 fully saturated rings. The molecule has 4 aromatic carbocycles. The molecule has 290 valence electrons. The van der Waals surface area contributed by atoms with Gasteiger partial charge in [-0.3, -0.25) is 4.79 Å². The minimum atomic E-state index is -4.49. The first kappa shape index (κ1) is 37.2. The molecule has 8 nitrogen and oxygen atoms in total. The van der Waals surface area contributed by atoms with Crippen molar-refractivity contribution in [2.75, 3.05) is 34.5 Å². The second-order valence-corrected chi connectivity index (χ2v) is 15.9. The van der Waals surface area contributed by atoms with Gasteiger partial charge in [-0.2, -0.15) is 0 Å². The van der Waals surface area contributed by atoms with Crippen LogP contribution in [0.5, 0.6) is 23.0 Å². The number of rotatable bonds is 12. The molecule has 0 saturated heterocycles. The number of nitrogens with one attached hydrogen (secondary N) is 1. The third-order valence-corrected chi connectivity index (χ3v) is 12.7. The molecule has 0 atom stereocenters. The standard InChI is InChI=1S/C45H36BF2N3O5S2/c1-5-22-49-43(52)26-56-30-12-8-28(9-13-30)40-19-21-42(58-40)45-36-24-32(55-4)15-17-34(36)38-25-37-33-16-14-31(54-3)23-35(33)44(50(37)46(47,48)51(38)45)41-20-18-39(57-41)27-6-10-29(53-2)11-7-27/h5-21,23-25H,1,22,26H2,2-4H3,(H,49,52). The van der Waals surface area contributed by atoms with Gasteiger partial charge in [0.25, 0.3) is 5.91 Å². The lowest BCUT2D eigenvalue weighted by atomic mass is 9.89. The average Bonchev–Trinajstić information content (AvgIpc) is 4.06. The van der Waals surface area contributed by atoms with Crippen LogP contribution >= 0.6 is 22.7 Å². The zero-order valence-electron chi connectivity index (χ0n) is 31.8. The lowest BCUT2D eigenvalue weighted by Crippen LogP contribution is -2.50. The molecule has 2 aliphatic rings. The van der Waals surface area contributed by atoms with Crippen LogP contribution in [0, 0.1) is 0 Å². The van der Waals surface area contributed by atoms with Gasteiger partial charge >= 0.3 is 6.97 Å². The molecular weight excluding hydrogens is 775 g/mol. The zero-order valence-corrected chi connectivity index (χ0v) is 33.4. The maximum absolute atomic E-state index is 18.2. The number of thiophene rings is 2. The van der Waals surface area contributed by atoms with E-state index >= 15 is 8.63 Å². The molecule has 0 spiro atoms. The average molecular weight is 812 g/mol. The normalized spacial score (nSPS) is 13.7. The molecule has 5 heterocycles. The number of hydrogen-bond acceptors (Lipinski definition) is 7. The van der Waals surface area contributed by atoms with E-state index in [0.29, 0.717) is 78.2 Å².